The normalized spacial score (nSPS) is 24.1. The van der Waals surface area contributed by atoms with E-state index in [0.29, 0.717) is 16.6 Å². The molecular formula is C13H19ClN2. The molecule has 1 aliphatic rings. The van der Waals surface area contributed by atoms with Crippen molar-refractivity contribution in [1.29, 1.82) is 0 Å². The topological polar surface area (TPSA) is 24.9 Å². The highest BCUT2D eigenvalue weighted by Crippen LogP contribution is 2.37. The maximum absolute atomic E-state index is 5.88. The van der Waals surface area contributed by atoms with E-state index in [4.69, 9.17) is 11.6 Å². The Bertz CT molecular complexity index is 363. The lowest BCUT2D eigenvalue weighted by Crippen LogP contribution is -2.39. The Morgan fingerprint density at radius 3 is 2.88 bits per heavy atom. The lowest BCUT2D eigenvalue weighted by atomic mass is 9.73. The van der Waals surface area contributed by atoms with Gasteiger partial charge in [-0.2, -0.15) is 0 Å². The summed E-state index contributed by atoms with van der Waals surface area (Å²) in [6, 6.07) is 6.23. The quantitative estimate of drug-likeness (QED) is 0.785. The van der Waals surface area contributed by atoms with Crippen LogP contribution in [0.5, 0.6) is 0 Å². The monoisotopic (exact) mass is 238 g/mol. The van der Waals surface area contributed by atoms with Gasteiger partial charge in [-0.05, 0) is 30.4 Å². The average molecular weight is 239 g/mol. The first-order valence-electron chi connectivity index (χ1n) is 5.97. The molecule has 1 aromatic heterocycles. The molecule has 0 spiro atoms. The summed E-state index contributed by atoms with van der Waals surface area (Å²) in [5.74, 6) is 0.896. The van der Waals surface area contributed by atoms with Gasteiger partial charge >= 0.3 is 0 Å². The zero-order valence-corrected chi connectivity index (χ0v) is 10.7. The smallest absolute Gasteiger partial charge is 0.131 e. The minimum Gasteiger partial charge on any atom is -0.367 e. The third-order valence-corrected chi connectivity index (χ3v) is 3.75. The van der Waals surface area contributed by atoms with E-state index < -0.39 is 0 Å². The van der Waals surface area contributed by atoms with Crippen molar-refractivity contribution in [1.82, 2.24) is 4.98 Å². The second-order valence-corrected chi connectivity index (χ2v) is 5.66. The van der Waals surface area contributed by atoms with Crippen molar-refractivity contribution in [2.45, 2.75) is 45.6 Å². The summed E-state index contributed by atoms with van der Waals surface area (Å²) < 4.78 is 0. The summed E-state index contributed by atoms with van der Waals surface area (Å²) in [6.45, 7) is 4.66. The van der Waals surface area contributed by atoms with Gasteiger partial charge in [0.1, 0.15) is 11.0 Å². The summed E-state index contributed by atoms with van der Waals surface area (Å²) in [6.07, 6.45) is 5.16. The second-order valence-electron chi connectivity index (χ2n) is 5.28. The molecule has 0 amide bonds. The molecule has 3 heteroatoms. The first-order chi connectivity index (χ1) is 7.58. The molecule has 2 nitrogen and oxygen atoms in total. The predicted molar refractivity (Wildman–Crippen MR) is 68.9 cm³/mol. The number of nitrogens with zero attached hydrogens (tertiary/aromatic N) is 1. The lowest BCUT2D eigenvalue weighted by Gasteiger charge is -2.39. The molecule has 0 bridgehead atoms. The highest BCUT2D eigenvalue weighted by Gasteiger charge is 2.32. The van der Waals surface area contributed by atoms with Crippen molar-refractivity contribution in [3.8, 4) is 0 Å². The molecular weight excluding hydrogens is 220 g/mol. The number of nitrogens with one attached hydrogen (secondary N) is 1. The minimum atomic E-state index is 0.349. The van der Waals surface area contributed by atoms with Gasteiger partial charge in [-0.15, -0.1) is 0 Å². The predicted octanol–water partition coefficient (Wildman–Crippen LogP) is 4.12. The van der Waals surface area contributed by atoms with E-state index in [1.165, 1.54) is 25.7 Å². The largest absolute Gasteiger partial charge is 0.367 e. The number of rotatable bonds is 2. The van der Waals surface area contributed by atoms with Crippen LogP contribution in [0, 0.1) is 5.41 Å². The second kappa shape index (κ2) is 4.62. The standard InChI is InChI=1S/C13H19ClN2/c1-13(2)9-4-3-6-10(13)15-12-8-5-7-11(14)16-12/h5,7-8,10H,3-4,6,9H2,1-2H3,(H,15,16). The highest BCUT2D eigenvalue weighted by molar-refractivity contribution is 6.29. The third-order valence-electron chi connectivity index (χ3n) is 3.54. The van der Waals surface area contributed by atoms with Gasteiger partial charge in [0.2, 0.25) is 0 Å². The third kappa shape index (κ3) is 2.67. The van der Waals surface area contributed by atoms with Crippen molar-refractivity contribution in [3.63, 3.8) is 0 Å². The maximum atomic E-state index is 5.88. The van der Waals surface area contributed by atoms with Gasteiger partial charge in [-0.25, -0.2) is 4.98 Å². The number of hydrogen-bond acceptors (Lipinski definition) is 2. The summed E-state index contributed by atoms with van der Waals surface area (Å²) in [7, 11) is 0. The van der Waals surface area contributed by atoms with Gasteiger partial charge in [-0.1, -0.05) is 44.4 Å². The summed E-state index contributed by atoms with van der Waals surface area (Å²) in [5.41, 5.74) is 0.349. The maximum Gasteiger partial charge on any atom is 0.131 e. The SMILES string of the molecule is CC1(C)CCCCC1Nc1cccc(Cl)n1. The molecule has 88 valence electrons. The Kier molecular flexibility index (Phi) is 3.38. The van der Waals surface area contributed by atoms with E-state index >= 15 is 0 Å². The van der Waals surface area contributed by atoms with Gasteiger partial charge in [0.25, 0.3) is 0 Å². The number of pyridine rings is 1. The van der Waals surface area contributed by atoms with E-state index in [0.717, 1.165) is 5.82 Å². The van der Waals surface area contributed by atoms with E-state index in [9.17, 15) is 0 Å². The molecule has 2 rings (SSSR count). The zero-order valence-electron chi connectivity index (χ0n) is 9.96. The van der Waals surface area contributed by atoms with Crippen molar-refractivity contribution in [3.05, 3.63) is 23.4 Å². The summed E-state index contributed by atoms with van der Waals surface area (Å²) >= 11 is 5.88. The highest BCUT2D eigenvalue weighted by atomic mass is 35.5. The minimum absolute atomic E-state index is 0.349. The first-order valence-corrected chi connectivity index (χ1v) is 6.35. The number of aromatic nitrogens is 1. The number of halogens is 1. The summed E-state index contributed by atoms with van der Waals surface area (Å²) in [5, 5.41) is 4.07. The van der Waals surface area contributed by atoms with Crippen molar-refractivity contribution in [2.75, 3.05) is 5.32 Å². The van der Waals surface area contributed by atoms with Crippen molar-refractivity contribution < 1.29 is 0 Å². The molecule has 1 saturated carbocycles. The van der Waals surface area contributed by atoms with E-state index in [1.807, 2.05) is 12.1 Å². The van der Waals surface area contributed by atoms with Crippen LogP contribution in [-0.4, -0.2) is 11.0 Å². The van der Waals surface area contributed by atoms with Gasteiger partial charge in [-0.3, -0.25) is 0 Å². The van der Waals surface area contributed by atoms with Crippen molar-refractivity contribution >= 4 is 17.4 Å². The van der Waals surface area contributed by atoms with Crippen LogP contribution in [0.3, 0.4) is 0 Å². The molecule has 1 fully saturated rings. The molecule has 1 unspecified atom stereocenters. The fraction of sp³-hybridized carbons (Fsp3) is 0.615. The van der Waals surface area contributed by atoms with E-state index in [2.05, 4.69) is 24.1 Å². The van der Waals surface area contributed by atoms with Crippen LogP contribution in [0.1, 0.15) is 39.5 Å². The van der Waals surface area contributed by atoms with Crippen LogP contribution in [0.25, 0.3) is 0 Å². The molecule has 1 N–H and O–H groups in total. The van der Waals surface area contributed by atoms with Crippen LogP contribution in [-0.2, 0) is 0 Å². The Morgan fingerprint density at radius 1 is 1.38 bits per heavy atom. The fourth-order valence-corrected chi connectivity index (χ4v) is 2.59. The molecule has 1 aromatic rings. The Labute approximate surface area is 102 Å². The molecule has 1 heterocycles. The van der Waals surface area contributed by atoms with Gasteiger partial charge in [0, 0.05) is 6.04 Å². The Balaban J connectivity index is 2.08. The van der Waals surface area contributed by atoms with Crippen LogP contribution in [0.4, 0.5) is 5.82 Å². The zero-order chi connectivity index (χ0) is 11.6. The fourth-order valence-electron chi connectivity index (χ4n) is 2.43. The molecule has 1 atom stereocenters. The van der Waals surface area contributed by atoms with E-state index in [-0.39, 0.29) is 0 Å². The molecule has 0 aliphatic heterocycles. The van der Waals surface area contributed by atoms with E-state index in [1.54, 1.807) is 6.07 Å². The molecule has 16 heavy (non-hydrogen) atoms. The number of anilines is 1. The van der Waals surface area contributed by atoms with Crippen LogP contribution in [0.15, 0.2) is 18.2 Å². The van der Waals surface area contributed by atoms with Gasteiger partial charge < -0.3 is 5.32 Å². The first kappa shape index (κ1) is 11.7. The average Bonchev–Trinajstić information content (AvgIpc) is 2.21. The van der Waals surface area contributed by atoms with Gasteiger partial charge in [0.15, 0.2) is 0 Å². The molecule has 0 saturated heterocycles. The number of hydrogen-bond donors (Lipinski definition) is 1. The Hall–Kier alpha value is -0.760. The van der Waals surface area contributed by atoms with Crippen LogP contribution < -0.4 is 5.32 Å². The lowest BCUT2D eigenvalue weighted by molar-refractivity contribution is 0.216. The van der Waals surface area contributed by atoms with Crippen LogP contribution in [0.2, 0.25) is 5.15 Å². The Morgan fingerprint density at radius 2 is 2.19 bits per heavy atom. The molecule has 1 aliphatic carbocycles. The molecule has 0 aromatic carbocycles. The summed E-state index contributed by atoms with van der Waals surface area (Å²) in [4.78, 5) is 4.29. The molecule has 0 radical (unpaired) electrons. The van der Waals surface area contributed by atoms with Crippen LogP contribution >= 0.6 is 11.6 Å². The van der Waals surface area contributed by atoms with Crippen molar-refractivity contribution in [2.24, 2.45) is 5.41 Å². The van der Waals surface area contributed by atoms with Gasteiger partial charge in [0.05, 0.1) is 0 Å².